The summed E-state index contributed by atoms with van der Waals surface area (Å²) in [5, 5.41) is 3.19. The van der Waals surface area contributed by atoms with E-state index in [9.17, 15) is 17.6 Å². The Kier molecular flexibility index (Phi) is 6.79. The Balaban J connectivity index is 0.00000225. The first-order valence-corrected chi connectivity index (χ1v) is 9.71. The quantitative estimate of drug-likeness (QED) is 0.806. The van der Waals surface area contributed by atoms with Gasteiger partial charge in [0.05, 0.1) is 10.8 Å². The zero-order valence-corrected chi connectivity index (χ0v) is 15.4. The number of benzene rings is 1. The Labute approximate surface area is 153 Å². The minimum absolute atomic E-state index is 0. The molecule has 2 heterocycles. The maximum Gasteiger partial charge on any atom is 0.240 e. The van der Waals surface area contributed by atoms with Crippen molar-refractivity contribution >= 4 is 28.3 Å². The number of nitrogens with zero attached hydrogens (tertiary/aromatic N) is 1. The summed E-state index contributed by atoms with van der Waals surface area (Å²) >= 11 is 0. The molecule has 1 amide bonds. The monoisotopic (exact) mass is 391 g/mol. The molecule has 0 saturated carbocycles. The van der Waals surface area contributed by atoms with Gasteiger partial charge in [-0.25, -0.2) is 17.5 Å². The number of sulfonamides is 1. The summed E-state index contributed by atoms with van der Waals surface area (Å²) in [7, 11) is -3.66. The van der Waals surface area contributed by atoms with Gasteiger partial charge in [-0.15, -0.1) is 12.4 Å². The maximum atomic E-state index is 12.9. The van der Waals surface area contributed by atoms with E-state index < -0.39 is 15.8 Å². The molecule has 25 heavy (non-hydrogen) atoms. The first-order chi connectivity index (χ1) is 11.5. The number of hydrogen-bond acceptors (Lipinski definition) is 4. The van der Waals surface area contributed by atoms with Crippen LogP contribution >= 0.6 is 12.4 Å². The Bertz CT molecular complexity index is 685. The van der Waals surface area contributed by atoms with E-state index >= 15 is 0 Å². The highest BCUT2D eigenvalue weighted by molar-refractivity contribution is 7.89. The molecule has 2 aliphatic heterocycles. The van der Waals surface area contributed by atoms with Crippen LogP contribution in [0.1, 0.15) is 19.3 Å². The van der Waals surface area contributed by atoms with Gasteiger partial charge in [0.15, 0.2) is 0 Å². The highest BCUT2D eigenvalue weighted by atomic mass is 35.5. The van der Waals surface area contributed by atoms with Gasteiger partial charge in [-0.2, -0.15) is 0 Å². The lowest BCUT2D eigenvalue weighted by molar-refractivity contribution is -0.135. The molecule has 1 unspecified atom stereocenters. The van der Waals surface area contributed by atoms with Gasteiger partial charge >= 0.3 is 0 Å². The predicted molar refractivity (Wildman–Crippen MR) is 94.5 cm³/mol. The van der Waals surface area contributed by atoms with Gasteiger partial charge < -0.3 is 10.2 Å². The highest BCUT2D eigenvalue weighted by Crippen LogP contribution is 2.19. The number of carbonyl (C=O) groups excluding carboxylic acids is 1. The summed E-state index contributed by atoms with van der Waals surface area (Å²) in [4.78, 5) is 14.2. The van der Waals surface area contributed by atoms with Crippen molar-refractivity contribution in [3.63, 3.8) is 0 Å². The van der Waals surface area contributed by atoms with E-state index in [1.54, 1.807) is 0 Å². The minimum Gasteiger partial charge on any atom is -0.342 e. The van der Waals surface area contributed by atoms with E-state index in [4.69, 9.17) is 0 Å². The second kappa shape index (κ2) is 8.44. The zero-order chi connectivity index (χ0) is 17.2. The number of nitrogens with one attached hydrogen (secondary N) is 2. The van der Waals surface area contributed by atoms with Crippen molar-refractivity contribution in [1.29, 1.82) is 0 Å². The average Bonchev–Trinajstić information content (AvgIpc) is 3.09. The van der Waals surface area contributed by atoms with Crippen LogP contribution in [0, 0.1) is 11.7 Å². The summed E-state index contributed by atoms with van der Waals surface area (Å²) in [5.41, 5.74) is 0. The first kappa shape index (κ1) is 20.1. The highest BCUT2D eigenvalue weighted by Gasteiger charge is 2.31. The Morgan fingerprint density at radius 3 is 2.36 bits per heavy atom. The molecule has 1 aromatic carbocycles. The zero-order valence-electron chi connectivity index (χ0n) is 13.8. The Morgan fingerprint density at radius 1 is 1.16 bits per heavy atom. The smallest absolute Gasteiger partial charge is 0.240 e. The van der Waals surface area contributed by atoms with Gasteiger partial charge in [0.1, 0.15) is 5.82 Å². The van der Waals surface area contributed by atoms with Crippen molar-refractivity contribution in [1.82, 2.24) is 14.9 Å². The molecule has 2 saturated heterocycles. The van der Waals surface area contributed by atoms with Crippen LogP contribution in [0.4, 0.5) is 4.39 Å². The molecule has 0 radical (unpaired) electrons. The molecule has 0 spiro atoms. The molecular formula is C16H23ClFN3O3S. The number of carbonyl (C=O) groups is 1. The third-order valence-electron chi connectivity index (χ3n) is 4.66. The normalized spacial score (nSPS) is 21.8. The number of piperidine rings is 1. The van der Waals surface area contributed by atoms with Crippen molar-refractivity contribution in [2.45, 2.75) is 30.2 Å². The van der Waals surface area contributed by atoms with Crippen molar-refractivity contribution < 1.29 is 17.6 Å². The summed E-state index contributed by atoms with van der Waals surface area (Å²) < 4.78 is 40.2. The van der Waals surface area contributed by atoms with Crippen molar-refractivity contribution in [2.24, 2.45) is 5.92 Å². The molecule has 2 aliphatic rings. The molecule has 140 valence electrons. The second-order valence-electron chi connectivity index (χ2n) is 6.36. The fourth-order valence-corrected chi connectivity index (χ4v) is 4.55. The van der Waals surface area contributed by atoms with Gasteiger partial charge in [0, 0.05) is 25.7 Å². The Morgan fingerprint density at radius 2 is 1.80 bits per heavy atom. The number of hydrogen-bond donors (Lipinski definition) is 2. The lowest BCUT2D eigenvalue weighted by Gasteiger charge is -2.33. The first-order valence-electron chi connectivity index (χ1n) is 8.23. The van der Waals surface area contributed by atoms with E-state index in [1.165, 1.54) is 12.1 Å². The Hall–Kier alpha value is -1.22. The second-order valence-corrected chi connectivity index (χ2v) is 8.08. The van der Waals surface area contributed by atoms with Crippen LogP contribution in [0.5, 0.6) is 0 Å². The molecule has 1 aromatic rings. The van der Waals surface area contributed by atoms with Gasteiger partial charge in [-0.05, 0) is 50.1 Å². The van der Waals surface area contributed by atoms with Gasteiger partial charge in [0.25, 0.3) is 0 Å². The van der Waals surface area contributed by atoms with E-state index in [0.29, 0.717) is 25.9 Å². The van der Waals surface area contributed by atoms with Crippen molar-refractivity contribution in [3.8, 4) is 0 Å². The van der Waals surface area contributed by atoms with Crippen LogP contribution in [0.25, 0.3) is 0 Å². The van der Waals surface area contributed by atoms with Gasteiger partial charge in [-0.1, -0.05) is 0 Å². The molecule has 9 heteroatoms. The van der Waals surface area contributed by atoms with Crippen LogP contribution in [-0.4, -0.2) is 51.4 Å². The van der Waals surface area contributed by atoms with Crippen LogP contribution in [-0.2, 0) is 14.8 Å². The third kappa shape index (κ3) is 4.91. The lowest BCUT2D eigenvalue weighted by atomic mass is 10.0. The third-order valence-corrected chi connectivity index (χ3v) is 6.20. The molecule has 2 fully saturated rings. The van der Waals surface area contributed by atoms with Gasteiger partial charge in [0.2, 0.25) is 15.9 Å². The van der Waals surface area contributed by atoms with Crippen molar-refractivity contribution in [3.05, 3.63) is 30.1 Å². The number of rotatable bonds is 4. The summed E-state index contributed by atoms with van der Waals surface area (Å²) in [6.45, 7) is 2.73. The minimum atomic E-state index is -3.66. The number of amides is 1. The van der Waals surface area contributed by atoms with E-state index in [0.717, 1.165) is 31.6 Å². The van der Waals surface area contributed by atoms with Crippen LogP contribution in [0.3, 0.4) is 0 Å². The van der Waals surface area contributed by atoms with Crippen LogP contribution < -0.4 is 10.0 Å². The number of likely N-dealkylation sites (tertiary alicyclic amines) is 1. The molecule has 0 aliphatic carbocycles. The lowest BCUT2D eigenvalue weighted by Crippen LogP contribution is -2.48. The molecule has 2 N–H and O–H groups in total. The van der Waals surface area contributed by atoms with E-state index in [1.807, 2.05) is 4.90 Å². The molecule has 6 nitrogen and oxygen atoms in total. The predicted octanol–water partition coefficient (Wildman–Crippen LogP) is 1.13. The van der Waals surface area contributed by atoms with Crippen LogP contribution in [0.2, 0.25) is 0 Å². The topological polar surface area (TPSA) is 78.5 Å². The van der Waals surface area contributed by atoms with Gasteiger partial charge in [-0.3, -0.25) is 4.79 Å². The molecule has 0 aromatic heterocycles. The molecule has 1 atom stereocenters. The van der Waals surface area contributed by atoms with E-state index in [-0.39, 0.29) is 35.2 Å². The SMILES string of the molecule is Cl.O=C(C1CCNC1)N1CCC(NS(=O)(=O)c2ccc(F)cc2)CC1. The molecular weight excluding hydrogens is 369 g/mol. The van der Waals surface area contributed by atoms with Crippen molar-refractivity contribution in [2.75, 3.05) is 26.2 Å². The fourth-order valence-electron chi connectivity index (χ4n) is 3.24. The number of halogens is 2. The summed E-state index contributed by atoms with van der Waals surface area (Å²) in [6.07, 6.45) is 2.05. The summed E-state index contributed by atoms with van der Waals surface area (Å²) in [5.74, 6) is -0.250. The fraction of sp³-hybridized carbons (Fsp3) is 0.562. The molecule has 3 rings (SSSR count). The standard InChI is InChI=1S/C16H22FN3O3S.ClH/c17-13-1-3-15(4-2-13)24(22,23)19-14-6-9-20(10-7-14)16(21)12-5-8-18-11-12;/h1-4,12,14,18-19H,5-11H2;1H. The average molecular weight is 392 g/mol. The van der Waals surface area contributed by atoms with E-state index in [2.05, 4.69) is 10.0 Å². The maximum absolute atomic E-state index is 12.9. The van der Waals surface area contributed by atoms with Crippen LogP contribution in [0.15, 0.2) is 29.2 Å². The molecule has 0 bridgehead atoms. The summed E-state index contributed by atoms with van der Waals surface area (Å²) in [6, 6.07) is 4.56. The largest absolute Gasteiger partial charge is 0.342 e.